The molecule has 0 spiro atoms. The summed E-state index contributed by atoms with van der Waals surface area (Å²) in [4.78, 5) is 16.0. The van der Waals surface area contributed by atoms with Crippen molar-refractivity contribution in [3.05, 3.63) is 84.2 Å². The number of sulfonamides is 1. The van der Waals surface area contributed by atoms with Gasteiger partial charge >= 0.3 is 6.36 Å². The summed E-state index contributed by atoms with van der Waals surface area (Å²) in [7, 11) is -4.22. The van der Waals surface area contributed by atoms with Crippen LogP contribution in [0.5, 0.6) is 5.75 Å². The van der Waals surface area contributed by atoms with Gasteiger partial charge in [0, 0.05) is 24.5 Å². The van der Waals surface area contributed by atoms with Crippen LogP contribution in [0.2, 0.25) is 0 Å². The first-order valence-electron chi connectivity index (χ1n) is 9.29. The van der Waals surface area contributed by atoms with Gasteiger partial charge in [-0.15, -0.1) is 13.2 Å². The van der Waals surface area contributed by atoms with Crippen LogP contribution in [0.15, 0.2) is 78.0 Å². The zero-order chi connectivity index (χ0) is 23.2. The maximum atomic E-state index is 12.6. The topological polar surface area (TPSA) is 97.4 Å². The van der Waals surface area contributed by atoms with E-state index in [9.17, 15) is 26.4 Å². The van der Waals surface area contributed by atoms with Gasteiger partial charge in [-0.05, 0) is 54.4 Å². The summed E-state index contributed by atoms with van der Waals surface area (Å²) in [5, 5.41) is 2.72. The van der Waals surface area contributed by atoms with Gasteiger partial charge in [0.1, 0.15) is 0 Å². The SMILES string of the molecule is O=C(NCCc1cccnc1)c1ccc(S(=O)(=O)Nc2ccccc2OC(F)(F)F)cc1. The highest BCUT2D eigenvalue weighted by molar-refractivity contribution is 7.92. The number of anilines is 1. The normalized spacial score (nSPS) is 11.6. The number of halogens is 3. The first-order chi connectivity index (χ1) is 15.1. The molecule has 7 nitrogen and oxygen atoms in total. The first-order valence-corrected chi connectivity index (χ1v) is 10.8. The fourth-order valence-corrected chi connectivity index (χ4v) is 3.79. The van der Waals surface area contributed by atoms with E-state index in [4.69, 9.17) is 0 Å². The Morgan fingerprint density at radius 1 is 1.00 bits per heavy atom. The van der Waals surface area contributed by atoms with E-state index in [1.807, 2.05) is 6.07 Å². The van der Waals surface area contributed by atoms with Crippen LogP contribution in [0, 0.1) is 0 Å². The lowest BCUT2D eigenvalue weighted by Crippen LogP contribution is -2.25. The van der Waals surface area contributed by atoms with Crippen LogP contribution < -0.4 is 14.8 Å². The van der Waals surface area contributed by atoms with Crippen molar-refractivity contribution in [2.45, 2.75) is 17.7 Å². The number of carbonyl (C=O) groups excluding carboxylic acids is 1. The van der Waals surface area contributed by atoms with E-state index < -0.39 is 28.0 Å². The number of rotatable bonds is 8. The molecule has 0 aliphatic rings. The van der Waals surface area contributed by atoms with Gasteiger partial charge in [-0.25, -0.2) is 8.42 Å². The summed E-state index contributed by atoms with van der Waals surface area (Å²) < 4.78 is 68.7. The fourth-order valence-electron chi connectivity index (χ4n) is 2.72. The number of hydrogen-bond donors (Lipinski definition) is 2. The van der Waals surface area contributed by atoms with Crippen molar-refractivity contribution in [3.8, 4) is 5.75 Å². The number of pyridine rings is 1. The fraction of sp³-hybridized carbons (Fsp3) is 0.143. The van der Waals surface area contributed by atoms with Crippen LogP contribution in [0.3, 0.4) is 0 Å². The smallest absolute Gasteiger partial charge is 0.404 e. The number of hydrogen-bond acceptors (Lipinski definition) is 5. The van der Waals surface area contributed by atoms with E-state index in [0.29, 0.717) is 13.0 Å². The van der Waals surface area contributed by atoms with Gasteiger partial charge in [-0.1, -0.05) is 18.2 Å². The monoisotopic (exact) mass is 465 g/mol. The molecule has 0 radical (unpaired) electrons. The Morgan fingerprint density at radius 2 is 1.72 bits per heavy atom. The molecule has 0 saturated heterocycles. The number of aromatic nitrogens is 1. The maximum absolute atomic E-state index is 12.6. The molecule has 3 aromatic rings. The highest BCUT2D eigenvalue weighted by Gasteiger charge is 2.32. The zero-order valence-corrected chi connectivity index (χ0v) is 17.3. The third-order valence-electron chi connectivity index (χ3n) is 4.21. The van der Waals surface area contributed by atoms with Crippen LogP contribution in [0.25, 0.3) is 0 Å². The molecule has 0 saturated carbocycles. The second-order valence-electron chi connectivity index (χ2n) is 6.54. The Kier molecular flexibility index (Phi) is 6.98. The lowest BCUT2D eigenvalue weighted by atomic mass is 10.2. The molecule has 32 heavy (non-hydrogen) atoms. The number of nitrogens with one attached hydrogen (secondary N) is 2. The number of ether oxygens (including phenoxy) is 1. The molecular formula is C21H18F3N3O4S. The largest absolute Gasteiger partial charge is 0.573 e. The third kappa shape index (κ3) is 6.45. The second-order valence-corrected chi connectivity index (χ2v) is 8.22. The summed E-state index contributed by atoms with van der Waals surface area (Å²) >= 11 is 0. The Bertz CT molecular complexity index is 1170. The van der Waals surface area contributed by atoms with Crippen LogP contribution in [-0.2, 0) is 16.4 Å². The summed E-state index contributed by atoms with van der Waals surface area (Å²) in [5.41, 5.74) is 0.813. The lowest BCUT2D eigenvalue weighted by molar-refractivity contribution is -0.274. The summed E-state index contributed by atoms with van der Waals surface area (Å²) in [6.45, 7) is 0.363. The Hall–Kier alpha value is -3.60. The van der Waals surface area contributed by atoms with Crippen molar-refractivity contribution < 1.29 is 31.1 Å². The van der Waals surface area contributed by atoms with Crippen LogP contribution in [0.4, 0.5) is 18.9 Å². The Morgan fingerprint density at radius 3 is 2.38 bits per heavy atom. The van der Waals surface area contributed by atoms with Gasteiger partial charge < -0.3 is 10.1 Å². The molecule has 11 heteroatoms. The van der Waals surface area contributed by atoms with Crippen molar-refractivity contribution in [1.29, 1.82) is 0 Å². The average Bonchev–Trinajstić information content (AvgIpc) is 2.75. The van der Waals surface area contributed by atoms with Crippen molar-refractivity contribution in [3.63, 3.8) is 0 Å². The molecule has 0 bridgehead atoms. The zero-order valence-electron chi connectivity index (χ0n) is 16.5. The molecule has 2 aromatic carbocycles. The Balaban J connectivity index is 1.65. The number of carbonyl (C=O) groups is 1. The van der Waals surface area contributed by atoms with E-state index in [-0.39, 0.29) is 16.1 Å². The molecule has 0 atom stereocenters. The second kappa shape index (κ2) is 9.69. The lowest BCUT2D eigenvalue weighted by Gasteiger charge is -2.15. The van der Waals surface area contributed by atoms with E-state index >= 15 is 0 Å². The standard InChI is InChI=1S/C21H18F3N3O4S/c22-21(23,24)31-19-6-2-1-5-18(19)27-32(29,30)17-9-7-16(8-10-17)20(28)26-13-11-15-4-3-12-25-14-15/h1-10,12,14,27H,11,13H2,(H,26,28). The molecule has 0 unspecified atom stereocenters. The summed E-state index contributed by atoms with van der Waals surface area (Å²) in [5.74, 6) is -1.08. The van der Waals surface area contributed by atoms with Gasteiger partial charge in [0.15, 0.2) is 5.75 Å². The number of amides is 1. The van der Waals surface area contributed by atoms with Crippen molar-refractivity contribution in [2.24, 2.45) is 0 Å². The molecular weight excluding hydrogens is 447 g/mol. The van der Waals surface area contributed by atoms with E-state index in [1.54, 1.807) is 18.5 Å². The average molecular weight is 465 g/mol. The quantitative estimate of drug-likeness (QED) is 0.528. The molecule has 1 aromatic heterocycles. The van der Waals surface area contributed by atoms with E-state index in [2.05, 4.69) is 19.8 Å². The number of benzene rings is 2. The minimum atomic E-state index is -4.98. The van der Waals surface area contributed by atoms with Gasteiger partial charge in [-0.2, -0.15) is 0 Å². The Labute approximate surface area is 182 Å². The highest BCUT2D eigenvalue weighted by Crippen LogP contribution is 2.31. The van der Waals surface area contributed by atoms with Gasteiger partial charge in [0.25, 0.3) is 15.9 Å². The number of alkyl halides is 3. The van der Waals surface area contributed by atoms with Gasteiger partial charge in [0.05, 0.1) is 10.6 Å². The van der Waals surface area contributed by atoms with Crippen molar-refractivity contribution in [1.82, 2.24) is 10.3 Å². The summed E-state index contributed by atoms with van der Waals surface area (Å²) in [6.07, 6.45) is -1.06. The number of nitrogens with zero attached hydrogens (tertiary/aromatic N) is 1. The molecule has 1 heterocycles. The van der Waals surface area contributed by atoms with E-state index in [0.717, 1.165) is 17.7 Å². The predicted molar refractivity (Wildman–Crippen MR) is 111 cm³/mol. The molecule has 0 aliphatic heterocycles. The van der Waals surface area contributed by atoms with Crippen LogP contribution in [-0.4, -0.2) is 32.2 Å². The third-order valence-corrected chi connectivity index (χ3v) is 5.59. The molecule has 0 aliphatic carbocycles. The van der Waals surface area contributed by atoms with Crippen molar-refractivity contribution in [2.75, 3.05) is 11.3 Å². The van der Waals surface area contributed by atoms with Crippen molar-refractivity contribution >= 4 is 21.6 Å². The van der Waals surface area contributed by atoms with Crippen LogP contribution >= 0.6 is 0 Å². The maximum Gasteiger partial charge on any atom is 0.573 e. The molecule has 0 fully saturated rings. The minimum absolute atomic E-state index is 0.230. The number of para-hydroxylation sites is 2. The van der Waals surface area contributed by atoms with E-state index in [1.165, 1.54) is 36.4 Å². The van der Waals surface area contributed by atoms with Gasteiger partial charge in [0.2, 0.25) is 0 Å². The highest BCUT2D eigenvalue weighted by atomic mass is 32.2. The van der Waals surface area contributed by atoms with Crippen LogP contribution in [0.1, 0.15) is 15.9 Å². The van der Waals surface area contributed by atoms with Gasteiger partial charge in [-0.3, -0.25) is 14.5 Å². The minimum Gasteiger partial charge on any atom is -0.404 e. The summed E-state index contributed by atoms with van der Waals surface area (Å²) in [6, 6.07) is 13.4. The predicted octanol–water partition coefficient (Wildman–Crippen LogP) is 3.75. The molecule has 1 amide bonds. The molecule has 3 rings (SSSR count). The molecule has 2 N–H and O–H groups in total. The first kappa shape index (κ1) is 23.1. The molecule has 168 valence electrons.